The third-order valence-electron chi connectivity index (χ3n) is 3.15. The second kappa shape index (κ2) is 5.21. The Morgan fingerprint density at radius 1 is 1.56 bits per heavy atom. The van der Waals surface area contributed by atoms with Gasteiger partial charge in [0.2, 0.25) is 0 Å². The Balaban J connectivity index is 2.33. The van der Waals surface area contributed by atoms with E-state index in [1.54, 1.807) is 32.2 Å². The average Bonchev–Trinajstić information content (AvgIpc) is 2.81. The SMILES string of the molecule is CCOC(=O)[C@@H]1C(C)=CC(=O)C[C@H]1c1ccco1. The highest BCUT2D eigenvalue weighted by atomic mass is 16.5. The van der Waals surface area contributed by atoms with E-state index in [9.17, 15) is 9.59 Å². The molecule has 0 saturated heterocycles. The second-order valence-corrected chi connectivity index (χ2v) is 4.41. The van der Waals surface area contributed by atoms with Gasteiger partial charge in [0.05, 0.1) is 18.8 Å². The molecule has 0 unspecified atom stereocenters. The normalized spacial score (nSPS) is 23.7. The van der Waals surface area contributed by atoms with Gasteiger partial charge in [-0.1, -0.05) is 5.57 Å². The fourth-order valence-corrected chi connectivity index (χ4v) is 2.40. The largest absolute Gasteiger partial charge is 0.469 e. The molecule has 0 bridgehead atoms. The number of esters is 1. The molecule has 0 aliphatic heterocycles. The third kappa shape index (κ3) is 2.37. The molecular weight excluding hydrogens is 232 g/mol. The molecule has 1 heterocycles. The van der Waals surface area contributed by atoms with Crippen LogP contribution in [0.3, 0.4) is 0 Å². The van der Waals surface area contributed by atoms with E-state index in [-0.39, 0.29) is 24.1 Å². The van der Waals surface area contributed by atoms with Crippen molar-refractivity contribution >= 4 is 11.8 Å². The first kappa shape index (κ1) is 12.6. The van der Waals surface area contributed by atoms with Gasteiger partial charge < -0.3 is 9.15 Å². The maximum absolute atomic E-state index is 12.0. The quantitative estimate of drug-likeness (QED) is 0.771. The number of ether oxygens (including phenoxy) is 1. The minimum atomic E-state index is -0.422. The van der Waals surface area contributed by atoms with Crippen molar-refractivity contribution in [2.75, 3.05) is 6.61 Å². The Kier molecular flexibility index (Phi) is 3.65. The first-order chi connectivity index (χ1) is 8.63. The van der Waals surface area contributed by atoms with Gasteiger partial charge in [0, 0.05) is 12.3 Å². The summed E-state index contributed by atoms with van der Waals surface area (Å²) in [6.45, 7) is 3.89. The average molecular weight is 248 g/mol. The Morgan fingerprint density at radius 2 is 2.33 bits per heavy atom. The van der Waals surface area contributed by atoms with Crippen LogP contribution in [0.5, 0.6) is 0 Å². The lowest BCUT2D eigenvalue weighted by atomic mass is 9.77. The van der Waals surface area contributed by atoms with Crippen molar-refractivity contribution in [3.63, 3.8) is 0 Å². The number of hydrogen-bond acceptors (Lipinski definition) is 4. The molecule has 0 amide bonds. The summed E-state index contributed by atoms with van der Waals surface area (Å²) in [5.41, 5.74) is 0.742. The number of furan rings is 1. The van der Waals surface area contributed by atoms with Crippen molar-refractivity contribution in [1.29, 1.82) is 0 Å². The number of carbonyl (C=O) groups excluding carboxylic acids is 2. The zero-order chi connectivity index (χ0) is 13.1. The van der Waals surface area contributed by atoms with Crippen LogP contribution in [0.25, 0.3) is 0 Å². The van der Waals surface area contributed by atoms with Gasteiger partial charge in [0.15, 0.2) is 5.78 Å². The molecule has 0 spiro atoms. The second-order valence-electron chi connectivity index (χ2n) is 4.41. The molecule has 4 nitrogen and oxygen atoms in total. The van der Waals surface area contributed by atoms with Gasteiger partial charge in [0.25, 0.3) is 0 Å². The lowest BCUT2D eigenvalue weighted by Crippen LogP contribution is -2.30. The first-order valence-electron chi connectivity index (χ1n) is 6.04. The van der Waals surface area contributed by atoms with Crippen molar-refractivity contribution in [1.82, 2.24) is 0 Å². The molecule has 18 heavy (non-hydrogen) atoms. The van der Waals surface area contributed by atoms with Gasteiger partial charge in [-0.15, -0.1) is 0 Å². The summed E-state index contributed by atoms with van der Waals surface area (Å²) >= 11 is 0. The highest BCUT2D eigenvalue weighted by Gasteiger charge is 2.38. The topological polar surface area (TPSA) is 56.5 Å². The molecule has 2 atom stereocenters. The number of allylic oxidation sites excluding steroid dienone is 1. The van der Waals surface area contributed by atoms with E-state index >= 15 is 0 Å². The predicted molar refractivity (Wildman–Crippen MR) is 65.0 cm³/mol. The molecule has 4 heteroatoms. The van der Waals surface area contributed by atoms with Crippen molar-refractivity contribution in [2.24, 2.45) is 5.92 Å². The standard InChI is InChI=1S/C14H16O4/c1-3-17-14(16)13-9(2)7-10(15)8-11(13)12-5-4-6-18-12/h4-7,11,13H,3,8H2,1-2H3/t11-,13+/m0/s1. The molecule has 1 aliphatic carbocycles. The maximum atomic E-state index is 12.0. The molecule has 0 N–H and O–H groups in total. The molecule has 0 radical (unpaired) electrons. The van der Waals surface area contributed by atoms with Crippen LogP contribution in [0.4, 0.5) is 0 Å². The van der Waals surface area contributed by atoms with E-state index in [4.69, 9.17) is 9.15 Å². The van der Waals surface area contributed by atoms with Crippen molar-refractivity contribution in [3.8, 4) is 0 Å². The van der Waals surface area contributed by atoms with Crippen LogP contribution in [0.1, 0.15) is 31.9 Å². The number of carbonyl (C=O) groups is 2. The van der Waals surface area contributed by atoms with E-state index < -0.39 is 5.92 Å². The monoisotopic (exact) mass is 248 g/mol. The lowest BCUT2D eigenvalue weighted by Gasteiger charge is -2.27. The van der Waals surface area contributed by atoms with E-state index in [2.05, 4.69) is 0 Å². The van der Waals surface area contributed by atoms with Crippen molar-refractivity contribution in [3.05, 3.63) is 35.8 Å². The zero-order valence-electron chi connectivity index (χ0n) is 10.5. The smallest absolute Gasteiger partial charge is 0.313 e. The molecule has 1 aromatic rings. The van der Waals surface area contributed by atoms with E-state index in [0.29, 0.717) is 12.4 Å². The molecule has 96 valence electrons. The summed E-state index contributed by atoms with van der Waals surface area (Å²) in [5, 5.41) is 0. The van der Waals surface area contributed by atoms with Gasteiger partial charge >= 0.3 is 5.97 Å². The van der Waals surface area contributed by atoms with Crippen LogP contribution < -0.4 is 0 Å². The predicted octanol–water partition coefficient (Wildman–Crippen LogP) is 2.46. The molecule has 0 aromatic carbocycles. The molecule has 2 rings (SSSR count). The molecule has 1 aromatic heterocycles. The van der Waals surface area contributed by atoms with E-state index in [1.165, 1.54) is 6.08 Å². The number of ketones is 1. The maximum Gasteiger partial charge on any atom is 0.313 e. The first-order valence-corrected chi connectivity index (χ1v) is 6.04. The Labute approximate surface area is 106 Å². The molecule has 1 aliphatic rings. The van der Waals surface area contributed by atoms with E-state index in [1.807, 2.05) is 0 Å². The summed E-state index contributed by atoms with van der Waals surface area (Å²) in [5.74, 6) is -0.284. The summed E-state index contributed by atoms with van der Waals surface area (Å²) < 4.78 is 10.4. The third-order valence-corrected chi connectivity index (χ3v) is 3.15. The number of hydrogen-bond donors (Lipinski definition) is 0. The lowest BCUT2D eigenvalue weighted by molar-refractivity contribution is -0.147. The molecule has 0 fully saturated rings. The van der Waals surface area contributed by atoms with E-state index in [0.717, 1.165) is 5.57 Å². The van der Waals surface area contributed by atoms with Gasteiger partial charge in [-0.2, -0.15) is 0 Å². The molecule has 0 saturated carbocycles. The summed E-state index contributed by atoms with van der Waals surface area (Å²) in [4.78, 5) is 23.6. The summed E-state index contributed by atoms with van der Waals surface area (Å²) in [6.07, 6.45) is 3.37. The van der Waals surface area contributed by atoms with Crippen molar-refractivity contribution in [2.45, 2.75) is 26.2 Å². The minimum absolute atomic E-state index is 0.0226. The summed E-state index contributed by atoms with van der Waals surface area (Å²) in [7, 11) is 0. The fourth-order valence-electron chi connectivity index (χ4n) is 2.40. The highest BCUT2D eigenvalue weighted by molar-refractivity contribution is 5.95. The van der Waals surface area contributed by atoms with Gasteiger partial charge in [-0.3, -0.25) is 9.59 Å². The Bertz CT molecular complexity index is 470. The van der Waals surface area contributed by atoms with Gasteiger partial charge in [0.1, 0.15) is 5.76 Å². The molecular formula is C14H16O4. The summed E-state index contributed by atoms with van der Waals surface area (Å²) in [6, 6.07) is 3.55. The zero-order valence-corrected chi connectivity index (χ0v) is 10.5. The van der Waals surface area contributed by atoms with Gasteiger partial charge in [-0.25, -0.2) is 0 Å². The van der Waals surface area contributed by atoms with Gasteiger partial charge in [-0.05, 0) is 32.1 Å². The fraction of sp³-hybridized carbons (Fsp3) is 0.429. The number of rotatable bonds is 3. The van der Waals surface area contributed by atoms with Crippen LogP contribution in [0.15, 0.2) is 34.5 Å². The van der Waals surface area contributed by atoms with Crippen LogP contribution in [0.2, 0.25) is 0 Å². The van der Waals surface area contributed by atoms with Crippen LogP contribution in [-0.4, -0.2) is 18.4 Å². The van der Waals surface area contributed by atoms with Crippen LogP contribution >= 0.6 is 0 Å². The van der Waals surface area contributed by atoms with Crippen LogP contribution in [0, 0.1) is 5.92 Å². The Hall–Kier alpha value is -1.84. The highest BCUT2D eigenvalue weighted by Crippen LogP contribution is 2.37. The Morgan fingerprint density at radius 3 is 2.94 bits per heavy atom. The minimum Gasteiger partial charge on any atom is -0.469 e. The van der Waals surface area contributed by atoms with Crippen LogP contribution in [-0.2, 0) is 14.3 Å². The van der Waals surface area contributed by atoms with Crippen molar-refractivity contribution < 1.29 is 18.7 Å².